The van der Waals surface area contributed by atoms with Crippen molar-refractivity contribution in [2.45, 2.75) is 95.2 Å². The normalized spacial score (nSPS) is 21.2. The van der Waals surface area contributed by atoms with Crippen molar-refractivity contribution in [3.63, 3.8) is 0 Å². The Labute approximate surface area is 313 Å². The number of hydrogen-bond acceptors (Lipinski definition) is 6. The second kappa shape index (κ2) is 16.7. The number of methoxy groups -OCH3 is 1. The lowest BCUT2D eigenvalue weighted by Crippen LogP contribution is -2.25. The SMILES string of the molecule is COc1ccc2cc1OCc1ccc3c(c(O)ccc3c1)C1(C#COC(CC3C=C(O)C=CC3CCCCc3ccccc3)CC(=O)CC2)CCCC1. The zero-order valence-electron chi connectivity index (χ0n) is 30.7. The molecule has 3 atom stereocenters. The van der Waals surface area contributed by atoms with Gasteiger partial charge in [-0.15, -0.1) is 0 Å². The van der Waals surface area contributed by atoms with E-state index in [1.165, 1.54) is 5.56 Å². The average Bonchev–Trinajstić information content (AvgIpc) is 3.64. The summed E-state index contributed by atoms with van der Waals surface area (Å²) in [6.07, 6.45) is 18.0. The van der Waals surface area contributed by atoms with Crippen LogP contribution in [0.4, 0.5) is 0 Å². The van der Waals surface area contributed by atoms with Crippen molar-refractivity contribution in [2.75, 3.05) is 7.11 Å². The van der Waals surface area contributed by atoms with Crippen molar-refractivity contribution in [1.82, 2.24) is 0 Å². The quantitative estimate of drug-likeness (QED) is 0.140. The van der Waals surface area contributed by atoms with Crippen LogP contribution in [0.25, 0.3) is 10.8 Å². The number of carbonyl (C=O) groups excluding carboxylic acids is 1. The summed E-state index contributed by atoms with van der Waals surface area (Å²) in [7, 11) is 1.63. The summed E-state index contributed by atoms with van der Waals surface area (Å²) in [5, 5.41) is 24.0. The molecule has 1 fully saturated rings. The molecule has 1 spiro atoms. The number of allylic oxidation sites excluding steroid dienone is 3. The van der Waals surface area contributed by atoms with Crippen molar-refractivity contribution in [2.24, 2.45) is 11.8 Å². The average molecular weight is 711 g/mol. The van der Waals surface area contributed by atoms with E-state index in [1.807, 2.05) is 36.4 Å². The van der Waals surface area contributed by atoms with Gasteiger partial charge in [0, 0.05) is 18.4 Å². The van der Waals surface area contributed by atoms with Crippen LogP contribution in [0.3, 0.4) is 0 Å². The largest absolute Gasteiger partial charge is 0.508 e. The molecule has 3 unspecified atom stereocenters. The zero-order chi connectivity index (χ0) is 36.6. The number of fused-ring (bicyclic) bond motifs is 8. The number of Topliss-reactive ketones (excluding diaryl/α,β-unsaturated/α-hetero) is 1. The van der Waals surface area contributed by atoms with E-state index in [2.05, 4.69) is 60.6 Å². The fourth-order valence-corrected chi connectivity index (χ4v) is 8.52. The minimum absolute atomic E-state index is 0.0102. The minimum atomic E-state index is -0.571. The predicted molar refractivity (Wildman–Crippen MR) is 209 cm³/mol. The third kappa shape index (κ3) is 8.74. The van der Waals surface area contributed by atoms with Gasteiger partial charge in [-0.05, 0) is 127 Å². The summed E-state index contributed by atoms with van der Waals surface area (Å²) in [6.45, 7) is 0.347. The van der Waals surface area contributed by atoms with Crippen LogP contribution in [0.15, 0.2) is 103 Å². The van der Waals surface area contributed by atoms with Crippen LogP contribution in [0, 0.1) is 23.9 Å². The fraction of sp³-hybridized carbons (Fsp3) is 0.383. The molecule has 4 aromatic rings. The van der Waals surface area contributed by atoms with E-state index < -0.39 is 11.5 Å². The number of aliphatic hydroxyl groups excluding tert-OH is 1. The van der Waals surface area contributed by atoms with Crippen LogP contribution >= 0.6 is 0 Å². The van der Waals surface area contributed by atoms with Crippen molar-refractivity contribution < 1.29 is 29.2 Å². The van der Waals surface area contributed by atoms with Gasteiger partial charge in [-0.2, -0.15) is 0 Å². The third-order valence-electron chi connectivity index (χ3n) is 11.4. The minimum Gasteiger partial charge on any atom is -0.508 e. The van der Waals surface area contributed by atoms with Gasteiger partial charge in [0.05, 0.1) is 12.5 Å². The molecule has 4 aromatic carbocycles. The first-order chi connectivity index (χ1) is 25.9. The van der Waals surface area contributed by atoms with Crippen molar-refractivity contribution in [3.05, 3.63) is 125 Å². The Kier molecular flexibility index (Phi) is 11.4. The van der Waals surface area contributed by atoms with Gasteiger partial charge < -0.3 is 24.4 Å². The molecule has 53 heavy (non-hydrogen) atoms. The monoisotopic (exact) mass is 710 g/mol. The standard InChI is InChI=1S/C47H50O6/c1-51-44-22-15-34-13-18-40(49)31-41(30-38-29-39(48)19-16-36(38)12-6-5-11-33-9-3-2-4-10-33)52-26-25-47(23-7-8-24-47)46-42-20-14-35(32-53-45(44)28-34)27-37(42)17-21-43(46)50/h2-4,9-10,14-17,19-22,27-29,36,38,41,48,50H,5-8,11-13,18,23-24,30-32H2,1H3. The Morgan fingerprint density at radius 1 is 0.906 bits per heavy atom. The first-order valence-corrected chi connectivity index (χ1v) is 19.3. The molecule has 0 aromatic heterocycles. The second-order valence-electron chi connectivity index (χ2n) is 15.0. The topological polar surface area (TPSA) is 85.2 Å². The van der Waals surface area contributed by atoms with E-state index >= 15 is 0 Å². The molecule has 2 aliphatic carbocycles. The Hall–Kier alpha value is -5.15. The number of ketones is 1. The highest BCUT2D eigenvalue weighted by Crippen LogP contribution is 2.47. The molecule has 6 nitrogen and oxygen atoms in total. The summed E-state index contributed by atoms with van der Waals surface area (Å²) < 4.78 is 18.4. The van der Waals surface area contributed by atoms with Crippen molar-refractivity contribution >= 4 is 16.6 Å². The van der Waals surface area contributed by atoms with E-state index in [0.717, 1.165) is 78.8 Å². The number of ether oxygens (including phenoxy) is 3. The van der Waals surface area contributed by atoms with Crippen LogP contribution in [-0.2, 0) is 34.4 Å². The van der Waals surface area contributed by atoms with Gasteiger partial charge in [0.15, 0.2) is 11.5 Å². The maximum Gasteiger partial charge on any atom is 0.161 e. The highest BCUT2D eigenvalue weighted by molar-refractivity contribution is 5.90. The lowest BCUT2D eigenvalue weighted by Gasteiger charge is -2.28. The molecule has 0 radical (unpaired) electrons. The number of hydrogen-bond donors (Lipinski definition) is 2. The maximum atomic E-state index is 13.7. The summed E-state index contributed by atoms with van der Waals surface area (Å²) in [4.78, 5) is 13.7. The molecular formula is C47H50O6. The lowest BCUT2D eigenvalue weighted by atomic mass is 9.76. The van der Waals surface area contributed by atoms with Gasteiger partial charge in [-0.25, -0.2) is 0 Å². The maximum absolute atomic E-state index is 13.7. The number of unbranched alkanes of at least 4 members (excludes halogenated alkanes) is 1. The number of aryl methyl sites for hydroxylation is 2. The number of carbonyl (C=O) groups is 1. The smallest absolute Gasteiger partial charge is 0.161 e. The van der Waals surface area contributed by atoms with Gasteiger partial charge in [0.2, 0.25) is 0 Å². The van der Waals surface area contributed by atoms with Crippen LogP contribution in [-0.4, -0.2) is 29.2 Å². The molecule has 6 bridgehead atoms. The second-order valence-corrected chi connectivity index (χ2v) is 15.0. The molecule has 4 aliphatic rings. The Bertz CT molecular complexity index is 2030. The van der Waals surface area contributed by atoms with Gasteiger partial charge in [-0.1, -0.05) is 79.9 Å². The fourth-order valence-electron chi connectivity index (χ4n) is 8.52. The molecule has 1 saturated carbocycles. The Morgan fingerprint density at radius 2 is 1.74 bits per heavy atom. The molecule has 0 amide bonds. The first-order valence-electron chi connectivity index (χ1n) is 19.3. The van der Waals surface area contributed by atoms with E-state index in [-0.39, 0.29) is 35.5 Å². The third-order valence-corrected chi connectivity index (χ3v) is 11.4. The molecule has 2 heterocycles. The van der Waals surface area contributed by atoms with E-state index in [1.54, 1.807) is 19.3 Å². The molecule has 8 rings (SSSR count). The molecule has 274 valence electrons. The van der Waals surface area contributed by atoms with Crippen molar-refractivity contribution in [1.29, 1.82) is 0 Å². The summed E-state index contributed by atoms with van der Waals surface area (Å²) >= 11 is 0. The van der Waals surface area contributed by atoms with Crippen LogP contribution in [0.2, 0.25) is 0 Å². The number of aromatic hydroxyl groups is 1. The van der Waals surface area contributed by atoms with Crippen molar-refractivity contribution in [3.8, 4) is 29.3 Å². The predicted octanol–water partition coefficient (Wildman–Crippen LogP) is 10.2. The lowest BCUT2D eigenvalue weighted by molar-refractivity contribution is -0.121. The number of benzene rings is 4. The Morgan fingerprint density at radius 3 is 2.57 bits per heavy atom. The molecule has 2 aliphatic heterocycles. The number of rotatable bonds is 8. The van der Waals surface area contributed by atoms with Crippen LogP contribution in [0.1, 0.15) is 86.5 Å². The summed E-state index contributed by atoms with van der Waals surface area (Å²) in [5.74, 6) is 5.61. The molecular weight excluding hydrogens is 661 g/mol. The van der Waals surface area contributed by atoms with Crippen LogP contribution < -0.4 is 9.47 Å². The molecule has 6 heteroatoms. The van der Waals surface area contributed by atoms with Gasteiger partial charge in [0.25, 0.3) is 0 Å². The van der Waals surface area contributed by atoms with Crippen LogP contribution in [0.5, 0.6) is 17.2 Å². The van der Waals surface area contributed by atoms with E-state index in [0.29, 0.717) is 37.4 Å². The molecule has 0 saturated heterocycles. The summed E-state index contributed by atoms with van der Waals surface area (Å²) in [5.41, 5.74) is 3.61. The number of phenols is 1. The van der Waals surface area contributed by atoms with Gasteiger partial charge in [0.1, 0.15) is 36.1 Å². The zero-order valence-corrected chi connectivity index (χ0v) is 30.7. The number of phenolic OH excluding ortho intramolecular Hbond substituents is 1. The van der Waals surface area contributed by atoms with Gasteiger partial charge >= 0.3 is 0 Å². The number of aliphatic hydroxyl groups is 1. The Balaban J connectivity index is 1.18. The highest BCUT2D eigenvalue weighted by atomic mass is 16.5. The summed E-state index contributed by atoms with van der Waals surface area (Å²) in [6, 6.07) is 26.4. The van der Waals surface area contributed by atoms with Gasteiger partial charge in [-0.3, -0.25) is 4.79 Å². The van der Waals surface area contributed by atoms with E-state index in [4.69, 9.17) is 14.2 Å². The molecule has 2 N–H and O–H groups in total. The highest BCUT2D eigenvalue weighted by Gasteiger charge is 2.38. The first kappa shape index (κ1) is 36.2. The van der Waals surface area contributed by atoms with E-state index in [9.17, 15) is 15.0 Å².